The molecule has 0 spiro atoms. The molecule has 0 rings (SSSR count). The van der Waals surface area contributed by atoms with E-state index >= 15 is 0 Å². The van der Waals surface area contributed by atoms with Gasteiger partial charge in [0.2, 0.25) is 0 Å². The molecular formula is C12H23N. The molecular weight excluding hydrogens is 158 g/mol. The minimum absolute atomic E-state index is 0.996. The molecule has 0 aromatic rings. The maximum Gasteiger partial charge on any atom is 0.0389 e. The molecule has 0 saturated carbocycles. The van der Waals surface area contributed by atoms with Crippen molar-refractivity contribution in [3.63, 3.8) is 0 Å². The number of allylic oxidation sites excluding steroid dienone is 2. The number of aliphatic imine (C=N–C) groups is 1. The average molecular weight is 181 g/mol. The highest BCUT2D eigenvalue weighted by molar-refractivity contribution is 5.70. The van der Waals surface area contributed by atoms with Gasteiger partial charge in [-0.25, -0.2) is 0 Å². The summed E-state index contributed by atoms with van der Waals surface area (Å²) in [5.74, 6) is 0. The molecule has 13 heavy (non-hydrogen) atoms. The van der Waals surface area contributed by atoms with Gasteiger partial charge < -0.3 is 0 Å². The van der Waals surface area contributed by atoms with Crippen LogP contribution in [0, 0.1) is 0 Å². The molecule has 0 atom stereocenters. The monoisotopic (exact) mass is 181 g/mol. The fourth-order valence-corrected chi connectivity index (χ4v) is 1.20. The van der Waals surface area contributed by atoms with Gasteiger partial charge in [0.1, 0.15) is 0 Å². The summed E-state index contributed by atoms with van der Waals surface area (Å²) < 4.78 is 0. The molecule has 0 unspecified atom stereocenters. The first kappa shape index (κ1) is 12.4. The quantitative estimate of drug-likeness (QED) is 0.396. The van der Waals surface area contributed by atoms with Crippen molar-refractivity contribution in [2.75, 3.05) is 6.54 Å². The van der Waals surface area contributed by atoms with E-state index in [0.717, 1.165) is 6.54 Å². The standard InChI is InChI=1S/C12H23N/c1-3-5-7-8-9-10-12-13-11-6-4-2/h4,6,11H,3,5,7-10,12H2,1-2H3. The van der Waals surface area contributed by atoms with Crippen LogP contribution in [-0.4, -0.2) is 12.8 Å². The van der Waals surface area contributed by atoms with Crippen LogP contribution in [0.3, 0.4) is 0 Å². The second-order valence-corrected chi connectivity index (χ2v) is 3.35. The Morgan fingerprint density at radius 3 is 2.38 bits per heavy atom. The zero-order valence-electron chi connectivity index (χ0n) is 9.13. The minimum Gasteiger partial charge on any atom is -0.293 e. The van der Waals surface area contributed by atoms with Gasteiger partial charge in [-0.15, -0.1) is 0 Å². The summed E-state index contributed by atoms with van der Waals surface area (Å²) in [5, 5.41) is 0. The van der Waals surface area contributed by atoms with Crippen molar-refractivity contribution in [2.45, 2.75) is 52.4 Å². The maximum atomic E-state index is 4.27. The van der Waals surface area contributed by atoms with Crippen LogP contribution in [0.2, 0.25) is 0 Å². The minimum atomic E-state index is 0.996. The van der Waals surface area contributed by atoms with Crippen LogP contribution in [0.25, 0.3) is 0 Å². The largest absolute Gasteiger partial charge is 0.293 e. The second-order valence-electron chi connectivity index (χ2n) is 3.35. The van der Waals surface area contributed by atoms with Gasteiger partial charge in [0.05, 0.1) is 0 Å². The SMILES string of the molecule is CC=CC=NCCCCCCCC. The summed E-state index contributed by atoms with van der Waals surface area (Å²) in [6.45, 7) is 5.26. The van der Waals surface area contributed by atoms with Crippen LogP contribution in [0.5, 0.6) is 0 Å². The molecule has 0 aliphatic carbocycles. The normalized spacial score (nSPS) is 11.8. The lowest BCUT2D eigenvalue weighted by atomic mass is 10.1. The van der Waals surface area contributed by atoms with E-state index in [1.54, 1.807) is 0 Å². The zero-order valence-corrected chi connectivity index (χ0v) is 9.13. The molecule has 1 nitrogen and oxygen atoms in total. The van der Waals surface area contributed by atoms with Crippen LogP contribution in [0.15, 0.2) is 17.1 Å². The highest BCUT2D eigenvalue weighted by atomic mass is 14.7. The van der Waals surface area contributed by atoms with Gasteiger partial charge in [0.15, 0.2) is 0 Å². The molecule has 76 valence electrons. The highest BCUT2D eigenvalue weighted by Crippen LogP contribution is 2.04. The molecule has 1 heteroatoms. The van der Waals surface area contributed by atoms with Gasteiger partial charge >= 0.3 is 0 Å². The van der Waals surface area contributed by atoms with Crippen molar-refractivity contribution >= 4 is 6.21 Å². The van der Waals surface area contributed by atoms with E-state index in [1.165, 1.54) is 38.5 Å². The lowest BCUT2D eigenvalue weighted by Crippen LogP contribution is -1.83. The van der Waals surface area contributed by atoms with E-state index in [1.807, 2.05) is 25.3 Å². The lowest BCUT2D eigenvalue weighted by molar-refractivity contribution is 0.613. The van der Waals surface area contributed by atoms with Crippen LogP contribution in [0.4, 0.5) is 0 Å². The number of hydrogen-bond acceptors (Lipinski definition) is 1. The van der Waals surface area contributed by atoms with Crippen LogP contribution >= 0.6 is 0 Å². The molecule has 0 bridgehead atoms. The van der Waals surface area contributed by atoms with Crippen LogP contribution in [0.1, 0.15) is 52.4 Å². The van der Waals surface area contributed by atoms with Crippen molar-refractivity contribution in [2.24, 2.45) is 4.99 Å². The third-order valence-corrected chi connectivity index (χ3v) is 2.02. The van der Waals surface area contributed by atoms with E-state index in [-0.39, 0.29) is 0 Å². The highest BCUT2D eigenvalue weighted by Gasteiger charge is 1.87. The Morgan fingerprint density at radius 2 is 1.69 bits per heavy atom. The van der Waals surface area contributed by atoms with E-state index < -0.39 is 0 Å². The first-order valence-electron chi connectivity index (χ1n) is 5.53. The van der Waals surface area contributed by atoms with Gasteiger partial charge in [-0.2, -0.15) is 0 Å². The number of rotatable bonds is 8. The molecule has 0 heterocycles. The van der Waals surface area contributed by atoms with Gasteiger partial charge in [-0.1, -0.05) is 45.1 Å². The fourth-order valence-electron chi connectivity index (χ4n) is 1.20. The summed E-state index contributed by atoms with van der Waals surface area (Å²) in [4.78, 5) is 4.27. The van der Waals surface area contributed by atoms with E-state index in [0.29, 0.717) is 0 Å². The zero-order chi connectivity index (χ0) is 9.78. The molecule has 0 saturated heterocycles. The predicted molar refractivity (Wildman–Crippen MR) is 61.5 cm³/mol. The molecule has 0 radical (unpaired) electrons. The van der Waals surface area contributed by atoms with Crippen molar-refractivity contribution in [3.05, 3.63) is 12.2 Å². The Morgan fingerprint density at radius 1 is 1.00 bits per heavy atom. The maximum absolute atomic E-state index is 4.27. The van der Waals surface area contributed by atoms with Crippen LogP contribution in [-0.2, 0) is 0 Å². The molecule has 0 aromatic carbocycles. The van der Waals surface area contributed by atoms with E-state index in [4.69, 9.17) is 0 Å². The van der Waals surface area contributed by atoms with Gasteiger partial charge in [0, 0.05) is 12.8 Å². The number of hydrogen-bond donors (Lipinski definition) is 0. The second kappa shape index (κ2) is 11.4. The third kappa shape index (κ3) is 11.4. The average Bonchev–Trinajstić information content (AvgIpc) is 2.16. The Kier molecular flexibility index (Phi) is 10.9. The molecule has 0 aliphatic rings. The van der Waals surface area contributed by atoms with Crippen molar-refractivity contribution in [1.29, 1.82) is 0 Å². The van der Waals surface area contributed by atoms with Crippen molar-refractivity contribution in [1.82, 2.24) is 0 Å². The molecule has 0 N–H and O–H groups in total. The molecule has 0 fully saturated rings. The summed E-state index contributed by atoms with van der Waals surface area (Å²) in [6, 6.07) is 0. The van der Waals surface area contributed by atoms with Gasteiger partial charge in [-0.05, 0) is 19.4 Å². The third-order valence-electron chi connectivity index (χ3n) is 2.02. The van der Waals surface area contributed by atoms with Gasteiger partial charge in [0.25, 0.3) is 0 Å². The first-order valence-corrected chi connectivity index (χ1v) is 5.53. The Hall–Kier alpha value is -0.590. The Bertz CT molecular complexity index is 136. The Balaban J connectivity index is 2.99. The first-order chi connectivity index (χ1) is 6.41. The van der Waals surface area contributed by atoms with Crippen molar-refractivity contribution < 1.29 is 0 Å². The predicted octanol–water partition coefficient (Wildman–Crippen LogP) is 3.99. The molecule has 0 amide bonds. The summed E-state index contributed by atoms with van der Waals surface area (Å²) >= 11 is 0. The van der Waals surface area contributed by atoms with E-state index in [9.17, 15) is 0 Å². The smallest absolute Gasteiger partial charge is 0.0389 e. The molecule has 0 aliphatic heterocycles. The number of unbranched alkanes of at least 4 members (excludes halogenated alkanes) is 5. The fraction of sp³-hybridized carbons (Fsp3) is 0.750. The summed E-state index contributed by atoms with van der Waals surface area (Å²) in [6.07, 6.45) is 14.0. The van der Waals surface area contributed by atoms with Gasteiger partial charge in [-0.3, -0.25) is 4.99 Å². The van der Waals surface area contributed by atoms with Crippen molar-refractivity contribution in [3.8, 4) is 0 Å². The summed E-state index contributed by atoms with van der Waals surface area (Å²) in [5.41, 5.74) is 0. The Labute approximate surface area is 83.0 Å². The van der Waals surface area contributed by atoms with Crippen LogP contribution < -0.4 is 0 Å². The van der Waals surface area contributed by atoms with E-state index in [2.05, 4.69) is 11.9 Å². The number of nitrogens with zero attached hydrogens (tertiary/aromatic N) is 1. The topological polar surface area (TPSA) is 12.4 Å². The molecule has 0 aromatic heterocycles. The summed E-state index contributed by atoms with van der Waals surface area (Å²) in [7, 11) is 0. The lowest BCUT2D eigenvalue weighted by Gasteiger charge is -1.96.